The second-order valence-electron chi connectivity index (χ2n) is 4.87. The van der Waals surface area contributed by atoms with E-state index in [0.717, 1.165) is 11.3 Å². The zero-order chi connectivity index (χ0) is 13.7. The highest BCUT2D eigenvalue weighted by Crippen LogP contribution is 2.30. The van der Waals surface area contributed by atoms with Crippen molar-refractivity contribution in [2.24, 2.45) is 0 Å². The molecule has 2 atom stereocenters. The average Bonchev–Trinajstić information content (AvgIpc) is 2.84. The Morgan fingerprint density at radius 1 is 1.42 bits per heavy atom. The maximum Gasteiger partial charge on any atom is 0.336 e. The van der Waals surface area contributed by atoms with E-state index in [1.54, 1.807) is 12.1 Å². The third-order valence-corrected chi connectivity index (χ3v) is 4.96. The fourth-order valence-corrected chi connectivity index (χ4v) is 3.92. The molecule has 1 aliphatic carbocycles. The van der Waals surface area contributed by atoms with Gasteiger partial charge in [-0.2, -0.15) is 11.8 Å². The van der Waals surface area contributed by atoms with Crippen molar-refractivity contribution in [3.63, 3.8) is 0 Å². The van der Waals surface area contributed by atoms with Gasteiger partial charge < -0.3 is 10.4 Å². The van der Waals surface area contributed by atoms with E-state index in [0.29, 0.717) is 23.4 Å². The van der Waals surface area contributed by atoms with Crippen LogP contribution in [0.15, 0.2) is 24.3 Å². The Hall–Kier alpha value is -1.00. The zero-order valence-corrected chi connectivity index (χ0v) is 12.1. The molecular formula is C15H21NO2S. The smallest absolute Gasteiger partial charge is 0.336 e. The molecule has 0 spiro atoms. The summed E-state index contributed by atoms with van der Waals surface area (Å²) in [5.41, 5.74) is 1.29. The lowest BCUT2D eigenvalue weighted by molar-refractivity contribution is 0.0695. The summed E-state index contributed by atoms with van der Waals surface area (Å²) < 4.78 is 0. The zero-order valence-electron chi connectivity index (χ0n) is 11.3. The topological polar surface area (TPSA) is 49.3 Å². The Morgan fingerprint density at radius 3 is 2.95 bits per heavy atom. The maximum atomic E-state index is 11.2. The van der Waals surface area contributed by atoms with E-state index in [4.69, 9.17) is 5.11 Å². The molecule has 104 valence electrons. The lowest BCUT2D eigenvalue weighted by atomic mass is 10.1. The summed E-state index contributed by atoms with van der Waals surface area (Å²) >= 11 is 2.01. The molecule has 0 bridgehead atoms. The van der Waals surface area contributed by atoms with Crippen LogP contribution in [0.25, 0.3) is 0 Å². The van der Waals surface area contributed by atoms with E-state index in [1.165, 1.54) is 19.3 Å². The molecule has 0 aromatic heterocycles. The second-order valence-corrected chi connectivity index (χ2v) is 6.39. The number of rotatable bonds is 6. The highest BCUT2D eigenvalue weighted by atomic mass is 32.2. The number of hydrogen-bond donors (Lipinski definition) is 2. The normalized spacial score (nSPS) is 22.6. The summed E-state index contributed by atoms with van der Waals surface area (Å²) in [6.07, 6.45) is 3.75. The van der Waals surface area contributed by atoms with Gasteiger partial charge >= 0.3 is 5.97 Å². The van der Waals surface area contributed by atoms with Gasteiger partial charge in [-0.3, -0.25) is 0 Å². The molecule has 4 heteroatoms. The van der Waals surface area contributed by atoms with Gasteiger partial charge in [-0.05, 0) is 30.2 Å². The molecule has 0 radical (unpaired) electrons. The van der Waals surface area contributed by atoms with Crippen LogP contribution < -0.4 is 5.32 Å². The van der Waals surface area contributed by atoms with E-state index >= 15 is 0 Å². The molecule has 1 aliphatic rings. The summed E-state index contributed by atoms with van der Waals surface area (Å²) in [7, 11) is 0. The summed E-state index contributed by atoms with van der Waals surface area (Å²) in [5.74, 6) is 0.303. The lowest BCUT2D eigenvalue weighted by Crippen LogP contribution is -2.34. The van der Waals surface area contributed by atoms with Crippen LogP contribution in [-0.2, 0) is 6.54 Å². The fourth-order valence-electron chi connectivity index (χ4n) is 2.70. The van der Waals surface area contributed by atoms with Crippen LogP contribution in [0.3, 0.4) is 0 Å². The molecule has 0 aliphatic heterocycles. The first kappa shape index (κ1) is 14.4. The van der Waals surface area contributed by atoms with Crippen LogP contribution in [0.4, 0.5) is 0 Å². The number of hydrogen-bond acceptors (Lipinski definition) is 3. The van der Waals surface area contributed by atoms with Crippen LogP contribution in [0.1, 0.15) is 42.1 Å². The summed E-state index contributed by atoms with van der Waals surface area (Å²) in [4.78, 5) is 11.2. The minimum absolute atomic E-state index is 0.410. The van der Waals surface area contributed by atoms with Crippen molar-refractivity contribution in [2.45, 2.75) is 44.0 Å². The van der Waals surface area contributed by atoms with Crippen LogP contribution in [0.2, 0.25) is 0 Å². The Balaban J connectivity index is 1.97. The summed E-state index contributed by atoms with van der Waals surface area (Å²) in [5, 5.41) is 13.4. The van der Waals surface area contributed by atoms with Gasteiger partial charge in [0.1, 0.15) is 0 Å². The van der Waals surface area contributed by atoms with Crippen molar-refractivity contribution in [3.8, 4) is 0 Å². The molecule has 2 rings (SSSR count). The molecule has 0 saturated heterocycles. The molecule has 2 N–H and O–H groups in total. The van der Waals surface area contributed by atoms with Gasteiger partial charge in [-0.25, -0.2) is 4.79 Å². The van der Waals surface area contributed by atoms with Crippen molar-refractivity contribution in [3.05, 3.63) is 35.4 Å². The molecular weight excluding hydrogens is 258 g/mol. The van der Waals surface area contributed by atoms with Crippen LogP contribution in [0, 0.1) is 0 Å². The second kappa shape index (κ2) is 6.96. The van der Waals surface area contributed by atoms with Crippen molar-refractivity contribution in [1.82, 2.24) is 5.32 Å². The molecule has 0 amide bonds. The molecule has 0 heterocycles. The summed E-state index contributed by atoms with van der Waals surface area (Å²) in [6, 6.07) is 7.76. The average molecular weight is 279 g/mol. The first-order chi connectivity index (χ1) is 9.22. The first-order valence-corrected chi connectivity index (χ1v) is 7.93. The van der Waals surface area contributed by atoms with E-state index in [1.807, 2.05) is 23.9 Å². The quantitative estimate of drug-likeness (QED) is 0.840. The number of aromatic carboxylic acids is 1. The van der Waals surface area contributed by atoms with Gasteiger partial charge in [-0.15, -0.1) is 0 Å². The predicted octanol–water partition coefficient (Wildman–Crippen LogP) is 3.15. The number of nitrogens with one attached hydrogen (secondary N) is 1. The number of thioether (sulfide) groups is 1. The molecule has 3 nitrogen and oxygen atoms in total. The summed E-state index contributed by atoms with van der Waals surface area (Å²) in [6.45, 7) is 2.84. The number of carboxylic acids is 1. The molecule has 19 heavy (non-hydrogen) atoms. The molecule has 1 aromatic carbocycles. The molecule has 1 fully saturated rings. The van der Waals surface area contributed by atoms with E-state index in [2.05, 4.69) is 12.2 Å². The van der Waals surface area contributed by atoms with Gasteiger partial charge in [0.15, 0.2) is 0 Å². The van der Waals surface area contributed by atoms with Gasteiger partial charge in [-0.1, -0.05) is 31.5 Å². The van der Waals surface area contributed by atoms with Crippen LogP contribution in [-0.4, -0.2) is 28.1 Å². The third kappa shape index (κ3) is 3.74. The highest BCUT2D eigenvalue weighted by molar-refractivity contribution is 7.99. The molecule has 1 aromatic rings. The largest absolute Gasteiger partial charge is 0.478 e. The minimum Gasteiger partial charge on any atom is -0.478 e. The standard InChI is InChI=1S/C15H21NO2S/c1-2-19-14-9-5-8-13(14)16-10-11-6-3-4-7-12(11)15(17)18/h3-4,6-7,13-14,16H,2,5,8-10H2,1H3,(H,17,18). The van der Waals surface area contributed by atoms with Crippen LogP contribution in [0.5, 0.6) is 0 Å². The first-order valence-electron chi connectivity index (χ1n) is 6.88. The SMILES string of the molecule is CCSC1CCCC1NCc1ccccc1C(=O)O. The van der Waals surface area contributed by atoms with Crippen molar-refractivity contribution < 1.29 is 9.90 Å². The number of carboxylic acid groups (broad SMARTS) is 1. The van der Waals surface area contributed by atoms with Crippen molar-refractivity contribution in [2.75, 3.05) is 5.75 Å². The number of benzene rings is 1. The van der Waals surface area contributed by atoms with E-state index < -0.39 is 5.97 Å². The molecule has 2 unspecified atom stereocenters. The predicted molar refractivity (Wildman–Crippen MR) is 79.8 cm³/mol. The minimum atomic E-state index is -0.844. The van der Waals surface area contributed by atoms with E-state index in [9.17, 15) is 4.79 Å². The molecule has 1 saturated carbocycles. The van der Waals surface area contributed by atoms with Gasteiger partial charge in [0.05, 0.1) is 5.56 Å². The van der Waals surface area contributed by atoms with Crippen molar-refractivity contribution >= 4 is 17.7 Å². The fraction of sp³-hybridized carbons (Fsp3) is 0.533. The Morgan fingerprint density at radius 2 is 2.21 bits per heavy atom. The van der Waals surface area contributed by atoms with Gasteiger partial charge in [0.25, 0.3) is 0 Å². The van der Waals surface area contributed by atoms with Gasteiger partial charge in [0.2, 0.25) is 0 Å². The van der Waals surface area contributed by atoms with Crippen LogP contribution >= 0.6 is 11.8 Å². The highest BCUT2D eigenvalue weighted by Gasteiger charge is 2.26. The maximum absolute atomic E-state index is 11.2. The monoisotopic (exact) mass is 279 g/mol. The lowest BCUT2D eigenvalue weighted by Gasteiger charge is -2.20. The Labute approximate surface area is 118 Å². The Bertz CT molecular complexity index is 436. The van der Waals surface area contributed by atoms with Crippen molar-refractivity contribution in [1.29, 1.82) is 0 Å². The number of carbonyl (C=O) groups is 1. The van der Waals surface area contributed by atoms with E-state index in [-0.39, 0.29) is 0 Å². The third-order valence-electron chi connectivity index (χ3n) is 3.64. The van der Waals surface area contributed by atoms with Gasteiger partial charge in [0, 0.05) is 17.8 Å². The Kier molecular flexibility index (Phi) is 5.28.